The van der Waals surface area contributed by atoms with Crippen molar-refractivity contribution in [3.8, 4) is 0 Å². The van der Waals surface area contributed by atoms with E-state index in [-0.39, 0.29) is 11.3 Å². The number of rotatable bonds is 3. The molecule has 70 valence electrons. The van der Waals surface area contributed by atoms with Gasteiger partial charge in [0.25, 0.3) is 0 Å². The summed E-state index contributed by atoms with van der Waals surface area (Å²) in [6.45, 7) is 4.16. The first kappa shape index (κ1) is 10.3. The summed E-state index contributed by atoms with van der Waals surface area (Å²) in [5.74, 6) is 0.250. The Labute approximate surface area is 87.6 Å². The van der Waals surface area contributed by atoms with Crippen LogP contribution in [0, 0.1) is 5.41 Å². The Kier molecular flexibility index (Phi) is 3.37. The second kappa shape index (κ2) is 3.94. The number of nitrogens with one attached hydrogen (secondary N) is 1. The van der Waals surface area contributed by atoms with Gasteiger partial charge in [-0.2, -0.15) is 0 Å². The maximum Gasteiger partial charge on any atom is 0.226 e. The standard InChI is InChI=1S/C9H16INO/c1-7-6-9(2,4-3-5-10)8(12)11-7/h7H,3-6H2,1-2H3,(H,11,12). The van der Waals surface area contributed by atoms with E-state index < -0.39 is 0 Å². The van der Waals surface area contributed by atoms with Crippen LogP contribution in [0.25, 0.3) is 0 Å². The first-order valence-corrected chi connectivity index (χ1v) is 5.98. The molecule has 0 aromatic heterocycles. The van der Waals surface area contributed by atoms with E-state index in [1.165, 1.54) is 0 Å². The Morgan fingerprint density at radius 3 is 2.83 bits per heavy atom. The van der Waals surface area contributed by atoms with Crippen molar-refractivity contribution in [2.45, 2.75) is 39.2 Å². The molecular weight excluding hydrogens is 265 g/mol. The lowest BCUT2D eigenvalue weighted by atomic mass is 9.83. The minimum absolute atomic E-state index is 0.0788. The molecule has 12 heavy (non-hydrogen) atoms. The number of carbonyl (C=O) groups excluding carboxylic acids is 1. The number of alkyl halides is 1. The van der Waals surface area contributed by atoms with Crippen LogP contribution in [0.3, 0.4) is 0 Å². The van der Waals surface area contributed by atoms with Gasteiger partial charge in [-0.1, -0.05) is 29.5 Å². The van der Waals surface area contributed by atoms with Crippen molar-refractivity contribution < 1.29 is 4.79 Å². The summed E-state index contributed by atoms with van der Waals surface area (Å²) >= 11 is 2.36. The molecule has 2 atom stereocenters. The monoisotopic (exact) mass is 281 g/mol. The average molecular weight is 281 g/mol. The van der Waals surface area contributed by atoms with Crippen molar-refractivity contribution in [3.63, 3.8) is 0 Å². The SMILES string of the molecule is CC1CC(C)(CCCI)C(=O)N1. The molecule has 1 heterocycles. The fourth-order valence-corrected chi connectivity index (χ4v) is 2.27. The van der Waals surface area contributed by atoms with Gasteiger partial charge < -0.3 is 5.32 Å². The van der Waals surface area contributed by atoms with Gasteiger partial charge in [0.2, 0.25) is 5.91 Å². The highest BCUT2D eigenvalue weighted by atomic mass is 127. The predicted molar refractivity (Wildman–Crippen MR) is 58.4 cm³/mol. The van der Waals surface area contributed by atoms with E-state index in [1.54, 1.807) is 0 Å². The van der Waals surface area contributed by atoms with E-state index in [2.05, 4.69) is 41.8 Å². The Balaban J connectivity index is 2.52. The number of hydrogen-bond acceptors (Lipinski definition) is 1. The van der Waals surface area contributed by atoms with Crippen molar-refractivity contribution in [1.82, 2.24) is 5.32 Å². The Hall–Kier alpha value is 0.200. The van der Waals surface area contributed by atoms with Crippen molar-refractivity contribution in [1.29, 1.82) is 0 Å². The van der Waals surface area contributed by atoms with Gasteiger partial charge in [-0.05, 0) is 30.6 Å². The second-order valence-electron chi connectivity index (χ2n) is 3.93. The van der Waals surface area contributed by atoms with Crippen LogP contribution in [-0.4, -0.2) is 16.4 Å². The molecule has 1 N–H and O–H groups in total. The topological polar surface area (TPSA) is 29.1 Å². The van der Waals surface area contributed by atoms with Crippen LogP contribution < -0.4 is 5.32 Å². The Morgan fingerprint density at radius 2 is 2.42 bits per heavy atom. The molecule has 0 aromatic carbocycles. The maximum atomic E-state index is 11.5. The van der Waals surface area contributed by atoms with Crippen molar-refractivity contribution in [2.75, 3.05) is 4.43 Å². The van der Waals surface area contributed by atoms with Gasteiger partial charge in [-0.3, -0.25) is 4.79 Å². The molecular formula is C9H16INO. The van der Waals surface area contributed by atoms with Crippen LogP contribution in [0.4, 0.5) is 0 Å². The minimum Gasteiger partial charge on any atom is -0.353 e. The molecule has 0 aliphatic carbocycles. The van der Waals surface area contributed by atoms with Gasteiger partial charge in [0, 0.05) is 11.5 Å². The summed E-state index contributed by atoms with van der Waals surface area (Å²) in [7, 11) is 0. The summed E-state index contributed by atoms with van der Waals surface area (Å²) in [6.07, 6.45) is 3.19. The maximum absolute atomic E-state index is 11.5. The van der Waals surface area contributed by atoms with Crippen LogP contribution in [0.5, 0.6) is 0 Å². The normalized spacial score (nSPS) is 35.2. The largest absolute Gasteiger partial charge is 0.353 e. The predicted octanol–water partition coefficient (Wildman–Crippen LogP) is 2.12. The first-order valence-electron chi connectivity index (χ1n) is 4.45. The smallest absolute Gasteiger partial charge is 0.226 e. The molecule has 0 aromatic rings. The molecule has 3 heteroatoms. The van der Waals surface area contributed by atoms with Gasteiger partial charge in [0.1, 0.15) is 0 Å². The molecule has 0 spiro atoms. The highest BCUT2D eigenvalue weighted by Gasteiger charge is 2.40. The lowest BCUT2D eigenvalue weighted by molar-refractivity contribution is -0.127. The summed E-state index contributed by atoms with van der Waals surface area (Å²) in [5, 5.41) is 2.97. The van der Waals surface area contributed by atoms with Gasteiger partial charge >= 0.3 is 0 Å². The summed E-state index contributed by atoms with van der Waals surface area (Å²) in [5.41, 5.74) is -0.0788. The molecule has 0 bridgehead atoms. The van der Waals surface area contributed by atoms with E-state index in [0.717, 1.165) is 23.7 Å². The zero-order chi connectivity index (χ0) is 9.19. The lowest BCUT2D eigenvalue weighted by Crippen LogP contribution is -2.29. The summed E-state index contributed by atoms with van der Waals surface area (Å²) in [4.78, 5) is 11.5. The molecule has 1 fully saturated rings. The quantitative estimate of drug-likeness (QED) is 0.623. The van der Waals surface area contributed by atoms with E-state index in [4.69, 9.17) is 0 Å². The highest BCUT2D eigenvalue weighted by Crippen LogP contribution is 2.34. The first-order chi connectivity index (χ1) is 5.58. The number of halogens is 1. The molecule has 1 aliphatic rings. The zero-order valence-corrected chi connectivity index (χ0v) is 9.85. The number of carbonyl (C=O) groups is 1. The fourth-order valence-electron chi connectivity index (χ4n) is 1.89. The molecule has 1 aliphatic heterocycles. The lowest BCUT2D eigenvalue weighted by Gasteiger charge is -2.19. The van der Waals surface area contributed by atoms with Crippen LogP contribution in [0.1, 0.15) is 33.1 Å². The highest BCUT2D eigenvalue weighted by molar-refractivity contribution is 14.1. The van der Waals surface area contributed by atoms with E-state index >= 15 is 0 Å². The van der Waals surface area contributed by atoms with Crippen molar-refractivity contribution >= 4 is 28.5 Å². The van der Waals surface area contributed by atoms with Gasteiger partial charge in [-0.15, -0.1) is 0 Å². The minimum atomic E-state index is -0.0788. The summed E-state index contributed by atoms with van der Waals surface area (Å²) in [6, 6.07) is 0.372. The third kappa shape index (κ3) is 2.12. The van der Waals surface area contributed by atoms with Crippen LogP contribution in [-0.2, 0) is 4.79 Å². The Morgan fingerprint density at radius 1 is 1.75 bits per heavy atom. The molecule has 0 saturated carbocycles. The third-order valence-corrected chi connectivity index (χ3v) is 3.31. The number of amides is 1. The third-order valence-electron chi connectivity index (χ3n) is 2.54. The van der Waals surface area contributed by atoms with Crippen molar-refractivity contribution in [2.24, 2.45) is 5.41 Å². The summed E-state index contributed by atoms with van der Waals surface area (Å²) < 4.78 is 1.15. The molecule has 1 saturated heterocycles. The molecule has 1 amide bonds. The zero-order valence-electron chi connectivity index (χ0n) is 7.69. The van der Waals surface area contributed by atoms with Crippen LogP contribution in [0.15, 0.2) is 0 Å². The molecule has 2 nitrogen and oxygen atoms in total. The fraction of sp³-hybridized carbons (Fsp3) is 0.889. The van der Waals surface area contributed by atoms with Gasteiger partial charge in [-0.25, -0.2) is 0 Å². The van der Waals surface area contributed by atoms with E-state index in [1.807, 2.05) is 0 Å². The van der Waals surface area contributed by atoms with E-state index in [0.29, 0.717) is 6.04 Å². The van der Waals surface area contributed by atoms with Crippen molar-refractivity contribution in [3.05, 3.63) is 0 Å². The Bertz CT molecular complexity index is 183. The van der Waals surface area contributed by atoms with E-state index in [9.17, 15) is 4.79 Å². The molecule has 0 radical (unpaired) electrons. The second-order valence-corrected chi connectivity index (χ2v) is 5.01. The van der Waals surface area contributed by atoms with Crippen LogP contribution in [0.2, 0.25) is 0 Å². The van der Waals surface area contributed by atoms with Gasteiger partial charge in [0.05, 0.1) is 0 Å². The molecule has 2 unspecified atom stereocenters. The van der Waals surface area contributed by atoms with Gasteiger partial charge in [0.15, 0.2) is 0 Å². The van der Waals surface area contributed by atoms with Crippen LogP contribution >= 0.6 is 22.6 Å². The average Bonchev–Trinajstić information content (AvgIpc) is 2.23. The number of hydrogen-bond donors (Lipinski definition) is 1. The molecule has 1 rings (SSSR count).